The average Bonchev–Trinajstić information content (AvgIpc) is 2.36. The molecule has 108 valence electrons. The number of rotatable bonds is 6. The Balaban J connectivity index is 2.88. The molecule has 19 heavy (non-hydrogen) atoms. The minimum atomic E-state index is -3.64. The molecule has 1 aromatic rings. The zero-order valence-electron chi connectivity index (χ0n) is 11.2. The molecule has 5 nitrogen and oxygen atoms in total. The highest BCUT2D eigenvalue weighted by Crippen LogP contribution is 2.17. The van der Waals surface area contributed by atoms with Crippen LogP contribution in [0.3, 0.4) is 0 Å². The van der Waals surface area contributed by atoms with Crippen LogP contribution in [-0.2, 0) is 20.8 Å². The number of benzene rings is 1. The van der Waals surface area contributed by atoms with Crippen LogP contribution < -0.4 is 4.72 Å². The van der Waals surface area contributed by atoms with Crippen LogP contribution in [0, 0.1) is 0 Å². The van der Waals surface area contributed by atoms with Crippen molar-refractivity contribution in [2.45, 2.75) is 30.1 Å². The predicted molar refractivity (Wildman–Crippen MR) is 75.8 cm³/mol. The lowest BCUT2D eigenvalue weighted by atomic mass is 10.1. The number of hydrogen-bond donors (Lipinski definition) is 2. The topological polar surface area (TPSA) is 83.5 Å². The van der Waals surface area contributed by atoms with Gasteiger partial charge >= 0.3 is 0 Å². The van der Waals surface area contributed by atoms with Crippen molar-refractivity contribution in [1.82, 2.24) is 4.72 Å². The normalized spacial score (nSPS) is 16.8. The molecule has 0 aliphatic rings. The summed E-state index contributed by atoms with van der Waals surface area (Å²) in [6, 6.07) is 6.13. The van der Waals surface area contributed by atoms with Crippen LogP contribution >= 0.6 is 0 Å². The third kappa shape index (κ3) is 4.68. The molecule has 0 fully saturated rings. The molecule has 7 heteroatoms. The van der Waals surface area contributed by atoms with Gasteiger partial charge in [0.15, 0.2) is 0 Å². The lowest BCUT2D eigenvalue weighted by molar-refractivity contribution is 0.199. The summed E-state index contributed by atoms with van der Waals surface area (Å²) < 4.78 is 37.7. The van der Waals surface area contributed by atoms with Gasteiger partial charge in [-0.3, -0.25) is 4.21 Å². The molecule has 0 spiro atoms. The lowest BCUT2D eigenvalue weighted by Crippen LogP contribution is -2.32. The van der Waals surface area contributed by atoms with Gasteiger partial charge in [0, 0.05) is 28.9 Å². The molecule has 0 bridgehead atoms. The largest absolute Gasteiger partial charge is 0.389 e. The monoisotopic (exact) mass is 305 g/mol. The Labute approximate surface area is 116 Å². The summed E-state index contributed by atoms with van der Waals surface area (Å²) in [7, 11) is -4.72. The molecular formula is C12H19NO4S2. The summed E-state index contributed by atoms with van der Waals surface area (Å²) >= 11 is 0. The van der Waals surface area contributed by atoms with E-state index in [-0.39, 0.29) is 16.7 Å². The second kappa shape index (κ2) is 6.60. The Morgan fingerprint density at radius 1 is 1.37 bits per heavy atom. The average molecular weight is 305 g/mol. The number of sulfonamides is 1. The Morgan fingerprint density at radius 3 is 2.53 bits per heavy atom. The highest BCUT2D eigenvalue weighted by molar-refractivity contribution is 7.89. The van der Waals surface area contributed by atoms with Gasteiger partial charge in [0.25, 0.3) is 0 Å². The second-order valence-electron chi connectivity index (χ2n) is 4.41. The summed E-state index contributed by atoms with van der Waals surface area (Å²) in [5.74, 6) is 0. The first-order valence-corrected chi connectivity index (χ1v) is 8.94. The zero-order valence-corrected chi connectivity index (χ0v) is 12.8. The quantitative estimate of drug-likeness (QED) is 0.814. The van der Waals surface area contributed by atoms with Crippen molar-refractivity contribution in [3.63, 3.8) is 0 Å². The molecule has 3 atom stereocenters. The SMILES string of the molecule is CC(O)c1cccc(S(=O)(=O)NCC(C)S(C)=O)c1. The Morgan fingerprint density at radius 2 is 2.00 bits per heavy atom. The van der Waals surface area contributed by atoms with Crippen LogP contribution in [0.5, 0.6) is 0 Å². The molecule has 1 rings (SSSR count). The Kier molecular flexibility index (Phi) is 5.66. The van der Waals surface area contributed by atoms with Crippen LogP contribution in [-0.4, -0.2) is 35.8 Å². The van der Waals surface area contributed by atoms with E-state index in [1.54, 1.807) is 26.0 Å². The first kappa shape index (κ1) is 16.3. The van der Waals surface area contributed by atoms with Crippen LogP contribution in [0.2, 0.25) is 0 Å². The highest BCUT2D eigenvalue weighted by Gasteiger charge is 2.17. The molecule has 0 aliphatic heterocycles. The predicted octanol–water partition coefficient (Wildman–Crippen LogP) is 0.785. The summed E-state index contributed by atoms with van der Waals surface area (Å²) in [6.07, 6.45) is 0.810. The third-order valence-electron chi connectivity index (χ3n) is 2.78. The fraction of sp³-hybridized carbons (Fsp3) is 0.500. The first-order valence-electron chi connectivity index (χ1n) is 5.84. The smallest absolute Gasteiger partial charge is 0.240 e. The lowest BCUT2D eigenvalue weighted by Gasteiger charge is -2.12. The van der Waals surface area contributed by atoms with E-state index in [9.17, 15) is 17.7 Å². The minimum absolute atomic E-state index is 0.0972. The van der Waals surface area contributed by atoms with Crippen molar-refractivity contribution in [1.29, 1.82) is 0 Å². The van der Waals surface area contributed by atoms with E-state index in [0.29, 0.717) is 5.56 Å². The molecule has 0 saturated heterocycles. The molecular weight excluding hydrogens is 286 g/mol. The molecule has 0 heterocycles. The van der Waals surface area contributed by atoms with Crippen LogP contribution in [0.25, 0.3) is 0 Å². The maximum atomic E-state index is 12.0. The molecule has 3 unspecified atom stereocenters. The van der Waals surface area contributed by atoms with Gasteiger partial charge in [0.1, 0.15) is 0 Å². The first-order chi connectivity index (χ1) is 8.74. The molecule has 2 N–H and O–H groups in total. The maximum Gasteiger partial charge on any atom is 0.240 e. The van der Waals surface area contributed by atoms with E-state index < -0.39 is 26.9 Å². The fourth-order valence-corrected chi connectivity index (χ4v) is 2.98. The van der Waals surface area contributed by atoms with E-state index in [2.05, 4.69) is 4.72 Å². The van der Waals surface area contributed by atoms with E-state index in [0.717, 1.165) is 0 Å². The van der Waals surface area contributed by atoms with Crippen molar-refractivity contribution >= 4 is 20.8 Å². The van der Waals surface area contributed by atoms with E-state index >= 15 is 0 Å². The van der Waals surface area contributed by atoms with Crippen LogP contribution in [0.4, 0.5) is 0 Å². The summed E-state index contributed by atoms with van der Waals surface area (Å²) in [5, 5.41) is 9.19. The summed E-state index contributed by atoms with van der Waals surface area (Å²) in [6.45, 7) is 3.40. The molecule has 1 aromatic carbocycles. The van der Waals surface area contributed by atoms with Crippen molar-refractivity contribution in [3.05, 3.63) is 29.8 Å². The Hall–Kier alpha value is -0.760. The van der Waals surface area contributed by atoms with Gasteiger partial charge in [-0.2, -0.15) is 0 Å². The molecule has 0 radical (unpaired) electrons. The maximum absolute atomic E-state index is 12.0. The van der Waals surface area contributed by atoms with E-state index in [1.165, 1.54) is 18.4 Å². The van der Waals surface area contributed by atoms with Gasteiger partial charge < -0.3 is 5.11 Å². The van der Waals surface area contributed by atoms with Gasteiger partial charge in [-0.05, 0) is 31.5 Å². The number of aliphatic hydroxyl groups is 1. The van der Waals surface area contributed by atoms with Gasteiger partial charge in [0.2, 0.25) is 10.0 Å². The standard InChI is InChI=1S/C12H19NO4S2/c1-9(18(3)15)8-13-19(16,17)12-6-4-5-11(7-12)10(2)14/h4-7,9-10,13-14H,8H2,1-3H3. The molecule has 0 aliphatic carbocycles. The summed E-state index contributed by atoms with van der Waals surface area (Å²) in [4.78, 5) is 0.0972. The van der Waals surface area contributed by atoms with Crippen molar-refractivity contribution in [2.75, 3.05) is 12.8 Å². The summed E-state index contributed by atoms with van der Waals surface area (Å²) in [5.41, 5.74) is 0.537. The van der Waals surface area contributed by atoms with Gasteiger partial charge in [-0.1, -0.05) is 12.1 Å². The number of hydrogen-bond acceptors (Lipinski definition) is 4. The molecule has 0 amide bonds. The van der Waals surface area contributed by atoms with Crippen LogP contribution in [0.15, 0.2) is 29.2 Å². The van der Waals surface area contributed by atoms with E-state index in [1.807, 2.05) is 0 Å². The van der Waals surface area contributed by atoms with Gasteiger partial charge in [-0.25, -0.2) is 13.1 Å². The van der Waals surface area contributed by atoms with Crippen molar-refractivity contribution < 1.29 is 17.7 Å². The van der Waals surface area contributed by atoms with E-state index in [4.69, 9.17) is 0 Å². The molecule has 0 aromatic heterocycles. The second-order valence-corrected chi connectivity index (χ2v) is 7.98. The molecule has 0 saturated carbocycles. The zero-order chi connectivity index (χ0) is 14.6. The fourth-order valence-electron chi connectivity index (χ4n) is 1.37. The van der Waals surface area contributed by atoms with Crippen molar-refractivity contribution in [3.8, 4) is 0 Å². The highest BCUT2D eigenvalue weighted by atomic mass is 32.2. The van der Waals surface area contributed by atoms with Crippen molar-refractivity contribution in [2.24, 2.45) is 0 Å². The number of aliphatic hydroxyl groups excluding tert-OH is 1. The van der Waals surface area contributed by atoms with Crippen LogP contribution in [0.1, 0.15) is 25.5 Å². The van der Waals surface area contributed by atoms with Gasteiger partial charge in [-0.15, -0.1) is 0 Å². The minimum Gasteiger partial charge on any atom is -0.389 e. The number of nitrogens with one attached hydrogen (secondary N) is 1. The third-order valence-corrected chi connectivity index (χ3v) is 5.50. The van der Waals surface area contributed by atoms with Gasteiger partial charge in [0.05, 0.1) is 11.0 Å². The Bertz CT molecular complexity index is 555.